The fourth-order valence-electron chi connectivity index (χ4n) is 4.58. The van der Waals surface area contributed by atoms with Crippen molar-refractivity contribution in [3.63, 3.8) is 0 Å². The van der Waals surface area contributed by atoms with Crippen molar-refractivity contribution in [3.8, 4) is 5.75 Å². The topological polar surface area (TPSA) is 85.9 Å². The minimum atomic E-state index is -0.414. The lowest BCUT2D eigenvalue weighted by molar-refractivity contribution is 0.259. The summed E-state index contributed by atoms with van der Waals surface area (Å²) in [6.07, 6.45) is 1.44. The van der Waals surface area contributed by atoms with Crippen molar-refractivity contribution in [2.45, 2.75) is 6.92 Å². The summed E-state index contributed by atoms with van der Waals surface area (Å²) in [4.78, 5) is 28.8. The monoisotopic (exact) mass is 557 g/mol. The van der Waals surface area contributed by atoms with Crippen LogP contribution in [0.4, 0.5) is 39.2 Å². The maximum Gasteiger partial charge on any atom is 0.332 e. The number of aromatic nitrogens is 2. The molecule has 3 aromatic carbocycles. The Morgan fingerprint density at radius 3 is 2.42 bits per heavy atom. The number of aryl methyl sites for hydroxylation is 1. The van der Waals surface area contributed by atoms with Crippen LogP contribution in [0.1, 0.15) is 5.56 Å². The van der Waals surface area contributed by atoms with Crippen molar-refractivity contribution in [1.82, 2.24) is 14.9 Å². The molecule has 1 aliphatic rings. The summed E-state index contributed by atoms with van der Waals surface area (Å²) in [6, 6.07) is 22.2. The minimum Gasteiger partial charge on any atom is -0.497 e. The van der Waals surface area contributed by atoms with Crippen molar-refractivity contribution >= 4 is 52.0 Å². The van der Waals surface area contributed by atoms with Gasteiger partial charge in [-0.05, 0) is 74.1 Å². The summed E-state index contributed by atoms with van der Waals surface area (Å²) in [5.41, 5.74) is 4.06. The molecule has 2 heterocycles. The average molecular weight is 558 g/mol. The van der Waals surface area contributed by atoms with Crippen LogP contribution in [-0.4, -0.2) is 61.2 Å². The highest BCUT2D eigenvalue weighted by Crippen LogP contribution is 2.33. The van der Waals surface area contributed by atoms with Gasteiger partial charge in [0.15, 0.2) is 0 Å². The van der Waals surface area contributed by atoms with E-state index in [-0.39, 0.29) is 0 Å². The number of halogens is 1. The second-order valence-electron chi connectivity index (χ2n) is 9.62. The third kappa shape index (κ3) is 6.27. The van der Waals surface area contributed by atoms with E-state index in [4.69, 9.17) is 16.3 Å². The van der Waals surface area contributed by atoms with Crippen LogP contribution >= 0.6 is 11.6 Å². The van der Waals surface area contributed by atoms with Gasteiger partial charge in [-0.25, -0.2) is 19.7 Å². The number of anilines is 6. The molecule has 0 atom stereocenters. The lowest BCUT2D eigenvalue weighted by Crippen LogP contribution is -2.44. The fraction of sp³-hybridized carbons (Fsp3) is 0.233. The van der Waals surface area contributed by atoms with Crippen LogP contribution < -0.4 is 25.2 Å². The van der Waals surface area contributed by atoms with E-state index in [1.807, 2.05) is 43.3 Å². The lowest BCUT2D eigenvalue weighted by Gasteiger charge is -2.34. The SMILES string of the molecule is COc1ccc(N(C(=O)Nc2ccccc2Cl)c2cc(Nc3ccc(N4CCN(C)CC4)cc3)ncn2)c(C)c1. The lowest BCUT2D eigenvalue weighted by atomic mass is 10.1. The Bertz CT molecular complexity index is 1470. The van der Waals surface area contributed by atoms with E-state index < -0.39 is 6.03 Å². The van der Waals surface area contributed by atoms with E-state index in [0.29, 0.717) is 33.8 Å². The van der Waals surface area contributed by atoms with Crippen molar-refractivity contribution in [2.24, 2.45) is 0 Å². The Kier molecular flexibility index (Phi) is 8.33. The van der Waals surface area contributed by atoms with Gasteiger partial charge >= 0.3 is 6.03 Å². The van der Waals surface area contributed by atoms with Gasteiger partial charge in [-0.15, -0.1) is 0 Å². The summed E-state index contributed by atoms with van der Waals surface area (Å²) in [5.74, 6) is 1.64. The normalized spacial score (nSPS) is 13.6. The number of carbonyl (C=O) groups excluding carboxylic acids is 1. The Hall–Kier alpha value is -4.34. The van der Waals surface area contributed by atoms with Gasteiger partial charge in [0.2, 0.25) is 0 Å². The number of nitrogens with zero attached hydrogens (tertiary/aromatic N) is 5. The van der Waals surface area contributed by atoms with Gasteiger partial charge < -0.3 is 25.2 Å². The number of benzene rings is 3. The Balaban J connectivity index is 1.41. The highest BCUT2D eigenvalue weighted by molar-refractivity contribution is 6.33. The number of methoxy groups -OCH3 is 1. The van der Waals surface area contributed by atoms with E-state index in [2.05, 4.69) is 49.6 Å². The number of carbonyl (C=O) groups is 1. The van der Waals surface area contributed by atoms with Crippen molar-refractivity contribution in [1.29, 1.82) is 0 Å². The Morgan fingerprint density at radius 2 is 1.73 bits per heavy atom. The van der Waals surface area contributed by atoms with E-state index in [0.717, 1.165) is 37.4 Å². The molecule has 0 radical (unpaired) electrons. The molecule has 5 rings (SSSR count). The second kappa shape index (κ2) is 12.2. The third-order valence-corrected chi connectivity index (χ3v) is 7.18. The van der Waals surface area contributed by atoms with E-state index in [9.17, 15) is 4.79 Å². The number of nitrogens with one attached hydrogen (secondary N) is 2. The number of urea groups is 1. The molecule has 40 heavy (non-hydrogen) atoms. The molecule has 0 aliphatic carbocycles. The smallest absolute Gasteiger partial charge is 0.332 e. The Morgan fingerprint density at radius 1 is 0.975 bits per heavy atom. The summed E-state index contributed by atoms with van der Waals surface area (Å²) in [6.45, 7) is 6.04. The summed E-state index contributed by atoms with van der Waals surface area (Å²) in [5, 5.41) is 6.69. The molecule has 4 aromatic rings. The van der Waals surface area contributed by atoms with Crippen LogP contribution in [-0.2, 0) is 0 Å². The van der Waals surface area contributed by atoms with Gasteiger partial charge in [0.05, 0.1) is 23.5 Å². The number of piperazine rings is 1. The standard InChI is InChI=1S/C30H32ClN7O2/c1-21-18-24(40-3)12-13-27(21)38(30(39)35-26-7-5-4-6-25(26)31)29-19-28(32-20-33-29)34-22-8-10-23(11-9-22)37-16-14-36(2)15-17-37/h4-13,18-20H,14-17H2,1-3H3,(H,35,39)(H,32,33,34). The van der Waals surface area contributed by atoms with E-state index in [1.54, 1.807) is 31.4 Å². The quantitative estimate of drug-likeness (QED) is 0.275. The highest BCUT2D eigenvalue weighted by atomic mass is 35.5. The van der Waals surface area contributed by atoms with Crippen molar-refractivity contribution in [2.75, 3.05) is 60.8 Å². The number of rotatable bonds is 7. The predicted molar refractivity (Wildman–Crippen MR) is 162 cm³/mol. The first kappa shape index (κ1) is 27.2. The maximum absolute atomic E-state index is 13.7. The molecule has 2 N–H and O–H groups in total. The number of ether oxygens (including phenoxy) is 1. The zero-order chi connectivity index (χ0) is 28.1. The molecular formula is C30H32ClN7O2. The number of para-hydroxylation sites is 1. The molecule has 9 nitrogen and oxygen atoms in total. The first-order chi connectivity index (χ1) is 19.4. The molecule has 1 fully saturated rings. The third-order valence-electron chi connectivity index (χ3n) is 6.85. The summed E-state index contributed by atoms with van der Waals surface area (Å²) >= 11 is 6.33. The molecule has 10 heteroatoms. The number of hydrogen-bond donors (Lipinski definition) is 2. The highest BCUT2D eigenvalue weighted by Gasteiger charge is 2.23. The molecule has 2 amide bonds. The van der Waals surface area contributed by atoms with E-state index in [1.165, 1.54) is 16.9 Å². The summed E-state index contributed by atoms with van der Waals surface area (Å²) < 4.78 is 5.37. The fourth-order valence-corrected chi connectivity index (χ4v) is 4.77. The number of likely N-dealkylation sites (N-methyl/N-ethyl adjacent to an activating group) is 1. The first-order valence-electron chi connectivity index (χ1n) is 13.0. The summed E-state index contributed by atoms with van der Waals surface area (Å²) in [7, 11) is 3.76. The van der Waals surface area contributed by atoms with Gasteiger partial charge in [-0.1, -0.05) is 23.7 Å². The van der Waals surface area contributed by atoms with Gasteiger partial charge in [0, 0.05) is 43.6 Å². The second-order valence-corrected chi connectivity index (χ2v) is 10.0. The van der Waals surface area contributed by atoms with Crippen molar-refractivity contribution in [3.05, 3.63) is 89.7 Å². The first-order valence-corrected chi connectivity index (χ1v) is 13.4. The largest absolute Gasteiger partial charge is 0.497 e. The van der Waals surface area contributed by atoms with Gasteiger partial charge in [-0.2, -0.15) is 0 Å². The maximum atomic E-state index is 13.7. The predicted octanol–water partition coefficient (Wildman–Crippen LogP) is 6.31. The van der Waals surface area contributed by atoms with Crippen LogP contribution in [0.3, 0.4) is 0 Å². The van der Waals surface area contributed by atoms with Gasteiger partial charge in [0.25, 0.3) is 0 Å². The van der Waals surface area contributed by atoms with Crippen LogP contribution in [0.25, 0.3) is 0 Å². The zero-order valence-corrected chi connectivity index (χ0v) is 23.5. The molecule has 0 bridgehead atoms. The van der Waals surface area contributed by atoms with Crippen LogP contribution in [0.2, 0.25) is 5.02 Å². The molecule has 0 spiro atoms. The molecule has 1 saturated heterocycles. The van der Waals surface area contributed by atoms with E-state index >= 15 is 0 Å². The Labute approximate surface area is 239 Å². The van der Waals surface area contributed by atoms with Crippen LogP contribution in [0.15, 0.2) is 79.1 Å². The zero-order valence-electron chi connectivity index (χ0n) is 22.8. The molecule has 1 aliphatic heterocycles. The average Bonchev–Trinajstić information content (AvgIpc) is 2.96. The molecule has 0 saturated carbocycles. The molecule has 1 aromatic heterocycles. The van der Waals surface area contributed by atoms with Gasteiger partial charge in [0.1, 0.15) is 23.7 Å². The number of amides is 2. The van der Waals surface area contributed by atoms with Gasteiger partial charge in [-0.3, -0.25) is 0 Å². The van der Waals surface area contributed by atoms with Crippen LogP contribution in [0, 0.1) is 6.92 Å². The van der Waals surface area contributed by atoms with Crippen molar-refractivity contribution < 1.29 is 9.53 Å². The molecule has 206 valence electrons. The number of hydrogen-bond acceptors (Lipinski definition) is 7. The molecular weight excluding hydrogens is 526 g/mol. The molecule has 0 unspecified atom stereocenters. The minimum absolute atomic E-state index is 0.393. The van der Waals surface area contributed by atoms with Crippen LogP contribution in [0.5, 0.6) is 5.75 Å².